The number of halogens is 3. The van der Waals surface area contributed by atoms with Crippen LogP contribution in [-0.2, 0) is 6.18 Å². The molecule has 1 N–H and O–H groups in total. The number of alkyl halides is 3. The molecule has 0 aliphatic heterocycles. The topological polar surface area (TPSA) is 45.2 Å². The highest BCUT2D eigenvalue weighted by Crippen LogP contribution is 2.37. The highest BCUT2D eigenvalue weighted by molar-refractivity contribution is 6.04. The monoisotopic (exact) mass is 379 g/mol. The fourth-order valence-electron chi connectivity index (χ4n) is 2.97. The summed E-state index contributed by atoms with van der Waals surface area (Å²) >= 11 is 0. The van der Waals surface area contributed by atoms with E-state index in [2.05, 4.69) is 10.3 Å². The van der Waals surface area contributed by atoms with Crippen LogP contribution in [0.4, 0.5) is 24.7 Å². The third-order valence-electron chi connectivity index (χ3n) is 4.18. The number of hydrogen-bond donors (Lipinski definition) is 1. The van der Waals surface area contributed by atoms with E-state index in [0.717, 1.165) is 18.9 Å². The quantitative estimate of drug-likeness (QED) is 0.711. The first-order valence-corrected chi connectivity index (χ1v) is 8.97. The first-order chi connectivity index (χ1) is 12.8. The van der Waals surface area contributed by atoms with Crippen LogP contribution in [0.25, 0.3) is 0 Å². The Bertz CT molecular complexity index is 770. The summed E-state index contributed by atoms with van der Waals surface area (Å²) in [6, 6.07) is 7.41. The number of pyridine rings is 1. The molecule has 0 radical (unpaired) electrons. The van der Waals surface area contributed by atoms with Gasteiger partial charge in [-0.2, -0.15) is 13.2 Å². The summed E-state index contributed by atoms with van der Waals surface area (Å²) in [5.41, 5.74) is -0.243. The van der Waals surface area contributed by atoms with Crippen molar-refractivity contribution in [3.8, 4) is 0 Å². The van der Waals surface area contributed by atoms with Crippen LogP contribution < -0.4 is 10.2 Å². The second kappa shape index (κ2) is 8.88. The molecule has 27 heavy (non-hydrogen) atoms. The lowest BCUT2D eigenvalue weighted by Gasteiger charge is -2.28. The third-order valence-corrected chi connectivity index (χ3v) is 4.18. The molecule has 0 fully saturated rings. The van der Waals surface area contributed by atoms with Gasteiger partial charge in [0.15, 0.2) is 0 Å². The Morgan fingerprint density at radius 2 is 1.81 bits per heavy atom. The molecule has 2 rings (SSSR count). The Labute approximate surface area is 157 Å². The molecular formula is C20H24F3N3O. The first-order valence-electron chi connectivity index (χ1n) is 8.97. The number of rotatable bonds is 7. The van der Waals surface area contributed by atoms with Crippen molar-refractivity contribution in [2.24, 2.45) is 0 Å². The summed E-state index contributed by atoms with van der Waals surface area (Å²) in [6.07, 6.45) is -1.44. The van der Waals surface area contributed by atoms with Crippen LogP contribution in [0.1, 0.15) is 48.2 Å². The number of anilines is 2. The molecule has 0 saturated carbocycles. The van der Waals surface area contributed by atoms with Gasteiger partial charge in [-0.15, -0.1) is 0 Å². The molecule has 0 spiro atoms. The maximum atomic E-state index is 13.6. The van der Waals surface area contributed by atoms with Crippen LogP contribution in [0.15, 0.2) is 36.5 Å². The van der Waals surface area contributed by atoms with E-state index in [0.29, 0.717) is 18.8 Å². The van der Waals surface area contributed by atoms with Gasteiger partial charge in [0, 0.05) is 30.5 Å². The molecule has 1 aromatic heterocycles. The fourth-order valence-corrected chi connectivity index (χ4v) is 2.97. The maximum absolute atomic E-state index is 13.6. The van der Waals surface area contributed by atoms with E-state index in [1.165, 1.54) is 19.2 Å². The van der Waals surface area contributed by atoms with Crippen molar-refractivity contribution in [1.29, 1.82) is 0 Å². The first kappa shape index (κ1) is 20.7. The number of aromatic nitrogens is 1. The lowest BCUT2D eigenvalue weighted by atomic mass is 10.00. The average molecular weight is 379 g/mol. The summed E-state index contributed by atoms with van der Waals surface area (Å²) in [5, 5.41) is 2.55. The van der Waals surface area contributed by atoms with Gasteiger partial charge in [-0.25, -0.2) is 4.98 Å². The SMILES string of the molecule is CCCN(CCC)c1cc(C(=O)Nc2ccccn2)cc(C(F)(F)F)c1C. The Hall–Kier alpha value is -2.57. The molecule has 0 aliphatic rings. The molecule has 1 amide bonds. The Morgan fingerprint density at radius 1 is 1.15 bits per heavy atom. The van der Waals surface area contributed by atoms with Gasteiger partial charge < -0.3 is 10.2 Å². The van der Waals surface area contributed by atoms with Crippen molar-refractivity contribution in [1.82, 2.24) is 4.98 Å². The van der Waals surface area contributed by atoms with E-state index >= 15 is 0 Å². The van der Waals surface area contributed by atoms with Crippen LogP contribution in [-0.4, -0.2) is 24.0 Å². The Kier molecular flexibility index (Phi) is 6.82. The van der Waals surface area contributed by atoms with E-state index < -0.39 is 17.6 Å². The van der Waals surface area contributed by atoms with Gasteiger partial charge >= 0.3 is 6.18 Å². The molecule has 2 aromatic rings. The van der Waals surface area contributed by atoms with E-state index in [1.807, 2.05) is 18.7 Å². The van der Waals surface area contributed by atoms with E-state index in [9.17, 15) is 18.0 Å². The van der Waals surface area contributed by atoms with Crippen molar-refractivity contribution in [3.05, 3.63) is 53.2 Å². The molecular weight excluding hydrogens is 355 g/mol. The number of amides is 1. The average Bonchev–Trinajstić information content (AvgIpc) is 2.61. The van der Waals surface area contributed by atoms with Crippen LogP contribution in [0.2, 0.25) is 0 Å². The predicted octanol–water partition coefficient (Wildman–Crippen LogP) is 5.29. The minimum atomic E-state index is -4.54. The zero-order valence-corrected chi connectivity index (χ0v) is 15.7. The second-order valence-corrected chi connectivity index (χ2v) is 6.32. The molecule has 146 valence electrons. The maximum Gasteiger partial charge on any atom is 0.416 e. The molecule has 0 unspecified atom stereocenters. The molecule has 1 heterocycles. The van der Waals surface area contributed by atoms with Gasteiger partial charge in [0.05, 0.1) is 5.56 Å². The zero-order chi connectivity index (χ0) is 20.0. The van der Waals surface area contributed by atoms with E-state index in [1.54, 1.807) is 18.2 Å². The smallest absolute Gasteiger partial charge is 0.371 e. The predicted molar refractivity (Wildman–Crippen MR) is 101 cm³/mol. The van der Waals surface area contributed by atoms with E-state index in [4.69, 9.17) is 0 Å². The van der Waals surface area contributed by atoms with Crippen molar-refractivity contribution >= 4 is 17.4 Å². The molecule has 0 bridgehead atoms. The third kappa shape index (κ3) is 5.21. The number of carbonyl (C=O) groups is 1. The zero-order valence-electron chi connectivity index (χ0n) is 15.7. The summed E-state index contributed by atoms with van der Waals surface area (Å²) in [6.45, 7) is 6.64. The van der Waals surface area contributed by atoms with Gasteiger partial charge in [-0.1, -0.05) is 19.9 Å². The highest BCUT2D eigenvalue weighted by Gasteiger charge is 2.35. The summed E-state index contributed by atoms with van der Waals surface area (Å²) in [4.78, 5) is 18.4. The standard InChI is InChI=1S/C20H24F3N3O/c1-4-10-26(11-5-2)17-13-15(12-16(14(17)3)20(21,22)23)19(27)25-18-8-6-7-9-24-18/h6-9,12-13H,4-5,10-11H2,1-3H3,(H,24,25,27). The van der Waals surface area contributed by atoms with Crippen molar-refractivity contribution in [3.63, 3.8) is 0 Å². The van der Waals surface area contributed by atoms with E-state index in [-0.39, 0.29) is 16.9 Å². The van der Waals surface area contributed by atoms with Crippen LogP contribution in [0.3, 0.4) is 0 Å². The lowest BCUT2D eigenvalue weighted by molar-refractivity contribution is -0.138. The van der Waals surface area contributed by atoms with Crippen LogP contribution >= 0.6 is 0 Å². The second-order valence-electron chi connectivity index (χ2n) is 6.32. The largest absolute Gasteiger partial charge is 0.416 e. The van der Waals surface area contributed by atoms with Crippen molar-refractivity contribution in [2.45, 2.75) is 39.8 Å². The molecule has 7 heteroatoms. The van der Waals surface area contributed by atoms with Crippen LogP contribution in [0.5, 0.6) is 0 Å². The Balaban J connectivity index is 2.50. The molecule has 1 aromatic carbocycles. The molecule has 0 aliphatic carbocycles. The van der Waals surface area contributed by atoms with Crippen molar-refractivity contribution in [2.75, 3.05) is 23.3 Å². The fraction of sp³-hybridized carbons (Fsp3) is 0.400. The lowest BCUT2D eigenvalue weighted by Crippen LogP contribution is -2.27. The van der Waals surface area contributed by atoms with Gasteiger partial charge in [0.1, 0.15) is 5.82 Å². The van der Waals surface area contributed by atoms with Crippen LogP contribution in [0, 0.1) is 6.92 Å². The minimum Gasteiger partial charge on any atom is -0.371 e. The molecule has 0 saturated heterocycles. The minimum absolute atomic E-state index is 0.0363. The number of nitrogens with zero attached hydrogens (tertiary/aromatic N) is 2. The number of hydrogen-bond acceptors (Lipinski definition) is 3. The number of benzene rings is 1. The Morgan fingerprint density at radius 3 is 2.33 bits per heavy atom. The van der Waals surface area contributed by atoms with Crippen molar-refractivity contribution < 1.29 is 18.0 Å². The number of nitrogens with one attached hydrogen (secondary N) is 1. The van der Waals surface area contributed by atoms with Gasteiger partial charge in [-0.3, -0.25) is 4.79 Å². The summed E-state index contributed by atoms with van der Waals surface area (Å²) < 4.78 is 40.7. The van der Waals surface area contributed by atoms with Gasteiger partial charge in [-0.05, 0) is 49.6 Å². The molecule has 4 nitrogen and oxygen atoms in total. The van der Waals surface area contributed by atoms with Gasteiger partial charge in [0.25, 0.3) is 5.91 Å². The highest BCUT2D eigenvalue weighted by atomic mass is 19.4. The molecule has 0 atom stereocenters. The summed E-state index contributed by atoms with van der Waals surface area (Å²) in [5.74, 6) is -0.328. The summed E-state index contributed by atoms with van der Waals surface area (Å²) in [7, 11) is 0. The van der Waals surface area contributed by atoms with Gasteiger partial charge in [0.2, 0.25) is 0 Å². The number of carbonyl (C=O) groups excluding carboxylic acids is 1. The normalized spacial score (nSPS) is 11.3.